The van der Waals surface area contributed by atoms with Gasteiger partial charge >= 0.3 is 12.0 Å². The second-order valence-corrected chi connectivity index (χ2v) is 7.44. The van der Waals surface area contributed by atoms with Gasteiger partial charge < -0.3 is 10.1 Å². The molecule has 9 nitrogen and oxygen atoms in total. The van der Waals surface area contributed by atoms with Crippen molar-refractivity contribution in [2.45, 2.75) is 26.8 Å². The molecule has 0 unspecified atom stereocenters. The van der Waals surface area contributed by atoms with E-state index in [0.29, 0.717) is 15.9 Å². The molecule has 156 valence electrons. The number of aryl methyl sites for hydroxylation is 2. The minimum Gasteiger partial charge on any atom is -0.456 e. The standard InChI is InChI=1S/C20H20N4O5S/c1-12-4-3-5-15(13(12)2)22-20(28)23-16(25)10-29-17(26)6-8-24-11-21-18-14(19(24)27)7-9-30-18/h3-5,7,9,11H,6,8,10H2,1-2H3,(H2,22,23,25,28). The van der Waals surface area contributed by atoms with E-state index >= 15 is 0 Å². The number of hydrogen-bond donors (Lipinski definition) is 2. The number of rotatable bonds is 6. The lowest BCUT2D eigenvalue weighted by Crippen LogP contribution is -2.37. The molecule has 3 rings (SSSR count). The van der Waals surface area contributed by atoms with Crippen molar-refractivity contribution in [1.29, 1.82) is 0 Å². The van der Waals surface area contributed by atoms with E-state index < -0.39 is 24.5 Å². The minimum absolute atomic E-state index is 0.0746. The van der Waals surface area contributed by atoms with Crippen LogP contribution in [-0.2, 0) is 20.9 Å². The molecule has 2 heterocycles. The van der Waals surface area contributed by atoms with Crippen molar-refractivity contribution in [2.24, 2.45) is 0 Å². The van der Waals surface area contributed by atoms with Crippen molar-refractivity contribution >= 4 is 45.1 Å². The fourth-order valence-corrected chi connectivity index (χ4v) is 3.41. The van der Waals surface area contributed by atoms with Gasteiger partial charge in [0, 0.05) is 12.2 Å². The maximum atomic E-state index is 12.3. The normalized spacial score (nSPS) is 10.6. The van der Waals surface area contributed by atoms with Crippen LogP contribution in [-0.4, -0.2) is 34.1 Å². The van der Waals surface area contributed by atoms with Gasteiger partial charge in [0.25, 0.3) is 11.5 Å². The van der Waals surface area contributed by atoms with Gasteiger partial charge in [0.15, 0.2) is 6.61 Å². The summed E-state index contributed by atoms with van der Waals surface area (Å²) < 4.78 is 6.18. The van der Waals surface area contributed by atoms with E-state index in [-0.39, 0.29) is 18.5 Å². The molecular formula is C20H20N4O5S. The number of nitrogens with one attached hydrogen (secondary N) is 2. The number of carbonyl (C=O) groups excluding carboxylic acids is 3. The van der Waals surface area contributed by atoms with E-state index in [1.54, 1.807) is 23.6 Å². The largest absolute Gasteiger partial charge is 0.456 e. The number of esters is 1. The first-order valence-electron chi connectivity index (χ1n) is 9.10. The number of urea groups is 1. The molecule has 0 bridgehead atoms. The number of ether oxygens (including phenoxy) is 1. The van der Waals surface area contributed by atoms with Crippen molar-refractivity contribution in [3.63, 3.8) is 0 Å². The van der Waals surface area contributed by atoms with E-state index in [9.17, 15) is 19.2 Å². The summed E-state index contributed by atoms with van der Waals surface area (Å²) in [5.41, 5.74) is 2.23. The van der Waals surface area contributed by atoms with Gasteiger partial charge in [-0.3, -0.25) is 24.3 Å². The summed E-state index contributed by atoms with van der Waals surface area (Å²) in [6.07, 6.45) is 1.26. The van der Waals surface area contributed by atoms with Crippen LogP contribution in [0.15, 0.2) is 40.8 Å². The van der Waals surface area contributed by atoms with Gasteiger partial charge in [0.2, 0.25) is 0 Å². The van der Waals surface area contributed by atoms with Crippen LogP contribution in [0.2, 0.25) is 0 Å². The molecule has 30 heavy (non-hydrogen) atoms. The summed E-state index contributed by atoms with van der Waals surface area (Å²) in [7, 11) is 0. The summed E-state index contributed by atoms with van der Waals surface area (Å²) in [5, 5.41) is 6.94. The van der Waals surface area contributed by atoms with Crippen LogP contribution in [0.3, 0.4) is 0 Å². The van der Waals surface area contributed by atoms with E-state index in [1.807, 2.05) is 19.9 Å². The molecule has 0 atom stereocenters. The SMILES string of the molecule is Cc1cccc(NC(=O)NC(=O)COC(=O)CCn2cnc3sccc3c2=O)c1C. The van der Waals surface area contributed by atoms with Crippen molar-refractivity contribution in [1.82, 2.24) is 14.9 Å². The zero-order valence-corrected chi connectivity index (χ0v) is 17.2. The molecule has 0 aliphatic carbocycles. The molecule has 10 heteroatoms. The van der Waals surface area contributed by atoms with Crippen molar-refractivity contribution in [3.05, 3.63) is 57.5 Å². The number of benzene rings is 1. The lowest BCUT2D eigenvalue weighted by Gasteiger charge is -2.11. The number of amides is 3. The molecule has 0 aliphatic rings. The van der Waals surface area contributed by atoms with Crippen LogP contribution in [0.4, 0.5) is 10.5 Å². The number of fused-ring (bicyclic) bond motifs is 1. The number of thiophene rings is 1. The van der Waals surface area contributed by atoms with Gasteiger partial charge in [-0.2, -0.15) is 0 Å². The molecule has 0 spiro atoms. The number of anilines is 1. The monoisotopic (exact) mass is 428 g/mol. The number of nitrogens with zero attached hydrogens (tertiary/aromatic N) is 2. The van der Waals surface area contributed by atoms with Crippen LogP contribution >= 0.6 is 11.3 Å². The average Bonchev–Trinajstić information content (AvgIpc) is 3.19. The number of carbonyl (C=O) groups is 3. The van der Waals surface area contributed by atoms with Gasteiger partial charge in [0.1, 0.15) is 4.83 Å². The Morgan fingerprint density at radius 2 is 2.00 bits per heavy atom. The van der Waals surface area contributed by atoms with Crippen LogP contribution in [0.25, 0.3) is 10.2 Å². The molecule has 2 aromatic heterocycles. The molecule has 3 amide bonds. The van der Waals surface area contributed by atoms with E-state index in [1.165, 1.54) is 22.2 Å². The molecule has 0 saturated heterocycles. The summed E-state index contributed by atoms with van der Waals surface area (Å²) >= 11 is 1.36. The number of hydrogen-bond acceptors (Lipinski definition) is 7. The average molecular weight is 428 g/mol. The Balaban J connectivity index is 1.44. The van der Waals surface area contributed by atoms with Gasteiger partial charge in [-0.15, -0.1) is 11.3 Å². The maximum Gasteiger partial charge on any atom is 0.325 e. The first kappa shape index (κ1) is 21.2. The fraction of sp³-hybridized carbons (Fsp3) is 0.250. The Morgan fingerprint density at radius 1 is 1.20 bits per heavy atom. The van der Waals surface area contributed by atoms with E-state index in [0.717, 1.165) is 11.1 Å². The Bertz CT molecular complexity index is 1170. The second-order valence-electron chi connectivity index (χ2n) is 6.54. The topological polar surface area (TPSA) is 119 Å². The minimum atomic E-state index is -0.760. The molecule has 0 fully saturated rings. The zero-order chi connectivity index (χ0) is 21.7. The summed E-state index contributed by atoms with van der Waals surface area (Å²) in [6.45, 7) is 3.23. The smallest absolute Gasteiger partial charge is 0.325 e. The third kappa shape index (κ3) is 5.09. The van der Waals surface area contributed by atoms with Crippen LogP contribution in [0, 0.1) is 13.8 Å². The third-order valence-electron chi connectivity index (χ3n) is 4.48. The lowest BCUT2D eigenvalue weighted by molar-refractivity contribution is -0.148. The highest BCUT2D eigenvalue weighted by molar-refractivity contribution is 7.16. The molecular weight excluding hydrogens is 408 g/mol. The summed E-state index contributed by atoms with van der Waals surface area (Å²) in [6, 6.07) is 6.38. The van der Waals surface area contributed by atoms with Crippen LogP contribution in [0.1, 0.15) is 17.5 Å². The summed E-state index contributed by atoms with van der Waals surface area (Å²) in [4.78, 5) is 52.7. The zero-order valence-electron chi connectivity index (χ0n) is 16.4. The Hall–Kier alpha value is -3.53. The Morgan fingerprint density at radius 3 is 2.80 bits per heavy atom. The quantitative estimate of drug-likeness (QED) is 0.582. The summed E-state index contributed by atoms with van der Waals surface area (Å²) in [5.74, 6) is -1.43. The van der Waals surface area contributed by atoms with Gasteiger partial charge in [-0.25, -0.2) is 9.78 Å². The first-order chi connectivity index (χ1) is 14.3. The number of imide groups is 1. The third-order valence-corrected chi connectivity index (χ3v) is 5.30. The predicted octanol–water partition coefficient (Wildman–Crippen LogP) is 2.36. The number of aromatic nitrogens is 2. The van der Waals surface area contributed by atoms with E-state index in [4.69, 9.17) is 4.74 Å². The highest BCUT2D eigenvalue weighted by Gasteiger charge is 2.13. The Kier molecular flexibility index (Phi) is 6.58. The van der Waals surface area contributed by atoms with Gasteiger partial charge in [-0.05, 0) is 42.5 Å². The first-order valence-corrected chi connectivity index (χ1v) is 9.98. The maximum absolute atomic E-state index is 12.3. The molecule has 3 aromatic rings. The van der Waals surface area contributed by atoms with Gasteiger partial charge in [0.05, 0.1) is 18.1 Å². The molecule has 0 aliphatic heterocycles. The predicted molar refractivity (Wildman–Crippen MR) is 113 cm³/mol. The highest BCUT2D eigenvalue weighted by atomic mass is 32.1. The van der Waals surface area contributed by atoms with Crippen molar-refractivity contribution < 1.29 is 19.1 Å². The second kappa shape index (κ2) is 9.31. The molecule has 2 N–H and O–H groups in total. The van der Waals surface area contributed by atoms with Gasteiger partial charge in [-0.1, -0.05) is 12.1 Å². The molecule has 0 radical (unpaired) electrons. The van der Waals surface area contributed by atoms with Crippen LogP contribution in [0.5, 0.6) is 0 Å². The van der Waals surface area contributed by atoms with Crippen molar-refractivity contribution in [3.8, 4) is 0 Å². The van der Waals surface area contributed by atoms with E-state index in [2.05, 4.69) is 15.6 Å². The van der Waals surface area contributed by atoms with Crippen molar-refractivity contribution in [2.75, 3.05) is 11.9 Å². The highest BCUT2D eigenvalue weighted by Crippen LogP contribution is 2.17. The molecule has 1 aromatic carbocycles. The molecule has 0 saturated carbocycles. The lowest BCUT2D eigenvalue weighted by atomic mass is 10.1. The Labute approximate surface area is 175 Å². The fourth-order valence-electron chi connectivity index (χ4n) is 2.69. The van der Waals surface area contributed by atoms with Crippen LogP contribution < -0.4 is 16.2 Å².